The summed E-state index contributed by atoms with van der Waals surface area (Å²) in [6.07, 6.45) is -3.16. The van der Waals surface area contributed by atoms with Crippen LogP contribution < -0.4 is 10.1 Å². The average Bonchev–Trinajstić information content (AvgIpc) is 2.93. The molecular weight excluding hydrogens is 317 g/mol. The molecule has 126 valence electrons. The van der Waals surface area contributed by atoms with E-state index in [1.54, 1.807) is 0 Å². The second kappa shape index (κ2) is 6.84. The van der Waals surface area contributed by atoms with Crippen LogP contribution in [0.25, 0.3) is 0 Å². The summed E-state index contributed by atoms with van der Waals surface area (Å²) in [6, 6.07) is 3.64. The van der Waals surface area contributed by atoms with Crippen molar-refractivity contribution < 1.29 is 32.6 Å². The standard InChI is InChI=1S/C14H15F3N2O4/c15-14(16,17)7-23-11-3-1-2-10(19-11)12(20)18-9-5-4-8(6-9)13(21)22/h1-3,8-9H,4-7H2,(H,18,20)(H,21,22)/t8-,9+/m0/s1. The quantitative estimate of drug-likeness (QED) is 0.861. The number of nitrogens with one attached hydrogen (secondary N) is 1. The van der Waals surface area contributed by atoms with Gasteiger partial charge in [0.05, 0.1) is 5.92 Å². The Hall–Kier alpha value is -2.32. The third-order valence-electron chi connectivity index (χ3n) is 3.46. The van der Waals surface area contributed by atoms with Gasteiger partial charge in [-0.05, 0) is 25.3 Å². The maximum atomic E-state index is 12.1. The molecule has 1 aliphatic carbocycles. The molecule has 1 heterocycles. The van der Waals surface area contributed by atoms with E-state index >= 15 is 0 Å². The van der Waals surface area contributed by atoms with E-state index in [-0.39, 0.29) is 17.6 Å². The molecule has 0 radical (unpaired) electrons. The molecule has 9 heteroatoms. The number of hydrogen-bond donors (Lipinski definition) is 2. The van der Waals surface area contributed by atoms with Gasteiger partial charge in [-0.1, -0.05) is 6.07 Å². The molecular formula is C14H15F3N2O4. The van der Waals surface area contributed by atoms with Gasteiger partial charge in [0.25, 0.3) is 5.91 Å². The monoisotopic (exact) mass is 332 g/mol. The second-order valence-electron chi connectivity index (χ2n) is 5.28. The van der Waals surface area contributed by atoms with Crippen LogP contribution in [0, 0.1) is 5.92 Å². The number of pyridine rings is 1. The van der Waals surface area contributed by atoms with E-state index < -0.39 is 30.6 Å². The maximum Gasteiger partial charge on any atom is 0.422 e. The second-order valence-corrected chi connectivity index (χ2v) is 5.28. The van der Waals surface area contributed by atoms with E-state index in [2.05, 4.69) is 15.0 Å². The minimum Gasteiger partial charge on any atom is -0.481 e. The number of hydrogen-bond acceptors (Lipinski definition) is 4. The highest BCUT2D eigenvalue weighted by Crippen LogP contribution is 2.26. The number of halogens is 3. The maximum absolute atomic E-state index is 12.1. The highest BCUT2D eigenvalue weighted by molar-refractivity contribution is 5.92. The average molecular weight is 332 g/mol. The van der Waals surface area contributed by atoms with Gasteiger partial charge in [0.2, 0.25) is 5.88 Å². The number of alkyl halides is 3. The molecule has 0 aliphatic heterocycles. The third-order valence-corrected chi connectivity index (χ3v) is 3.46. The first kappa shape index (κ1) is 17.0. The first-order chi connectivity index (χ1) is 10.7. The Morgan fingerprint density at radius 2 is 2.09 bits per heavy atom. The van der Waals surface area contributed by atoms with E-state index in [9.17, 15) is 22.8 Å². The van der Waals surface area contributed by atoms with Crippen LogP contribution in [0.15, 0.2) is 18.2 Å². The zero-order valence-corrected chi connectivity index (χ0v) is 12.0. The van der Waals surface area contributed by atoms with Crippen molar-refractivity contribution in [1.29, 1.82) is 0 Å². The fraction of sp³-hybridized carbons (Fsp3) is 0.500. The van der Waals surface area contributed by atoms with E-state index in [4.69, 9.17) is 5.11 Å². The van der Waals surface area contributed by atoms with Gasteiger partial charge in [-0.2, -0.15) is 13.2 Å². The van der Waals surface area contributed by atoms with Gasteiger partial charge in [-0.25, -0.2) is 4.98 Å². The molecule has 1 fully saturated rings. The van der Waals surface area contributed by atoms with Crippen LogP contribution in [0.5, 0.6) is 5.88 Å². The number of ether oxygens (including phenoxy) is 1. The summed E-state index contributed by atoms with van der Waals surface area (Å²) in [5.74, 6) is -2.26. The van der Waals surface area contributed by atoms with Gasteiger partial charge in [0.1, 0.15) is 5.69 Å². The van der Waals surface area contributed by atoms with Gasteiger partial charge in [0, 0.05) is 12.1 Å². The molecule has 0 spiro atoms. The number of carboxylic acids is 1. The van der Waals surface area contributed by atoms with Crippen molar-refractivity contribution >= 4 is 11.9 Å². The highest BCUT2D eigenvalue weighted by atomic mass is 19.4. The van der Waals surface area contributed by atoms with Gasteiger partial charge >= 0.3 is 12.1 Å². The molecule has 1 amide bonds. The van der Waals surface area contributed by atoms with E-state index in [1.165, 1.54) is 18.2 Å². The van der Waals surface area contributed by atoms with Crippen LogP contribution >= 0.6 is 0 Å². The number of aliphatic carboxylic acids is 1. The lowest BCUT2D eigenvalue weighted by atomic mass is 10.1. The van der Waals surface area contributed by atoms with Crippen molar-refractivity contribution in [2.45, 2.75) is 31.5 Å². The van der Waals surface area contributed by atoms with E-state index in [0.29, 0.717) is 19.3 Å². The van der Waals surface area contributed by atoms with Gasteiger partial charge in [-0.3, -0.25) is 9.59 Å². The normalized spacial score (nSPS) is 21.0. The molecule has 6 nitrogen and oxygen atoms in total. The van der Waals surface area contributed by atoms with Crippen molar-refractivity contribution in [1.82, 2.24) is 10.3 Å². The molecule has 1 saturated carbocycles. The molecule has 2 atom stereocenters. The third kappa shape index (κ3) is 5.11. The summed E-state index contributed by atoms with van der Waals surface area (Å²) < 4.78 is 40.8. The molecule has 0 saturated heterocycles. The number of nitrogens with zero attached hydrogens (tertiary/aromatic N) is 1. The smallest absolute Gasteiger partial charge is 0.422 e. The van der Waals surface area contributed by atoms with Crippen LogP contribution in [0.2, 0.25) is 0 Å². The van der Waals surface area contributed by atoms with Crippen molar-refractivity contribution in [3.63, 3.8) is 0 Å². The summed E-state index contributed by atoms with van der Waals surface area (Å²) >= 11 is 0. The summed E-state index contributed by atoms with van der Waals surface area (Å²) in [5, 5.41) is 11.5. The number of amides is 1. The fourth-order valence-electron chi connectivity index (χ4n) is 2.37. The predicted molar refractivity (Wildman–Crippen MR) is 72.0 cm³/mol. The van der Waals surface area contributed by atoms with Crippen LogP contribution in [-0.4, -0.2) is 40.8 Å². The van der Waals surface area contributed by atoms with Crippen LogP contribution in [0.4, 0.5) is 13.2 Å². The number of carbonyl (C=O) groups is 2. The van der Waals surface area contributed by atoms with Gasteiger partial charge in [-0.15, -0.1) is 0 Å². The van der Waals surface area contributed by atoms with Crippen molar-refractivity contribution in [3.05, 3.63) is 23.9 Å². The molecule has 0 bridgehead atoms. The number of rotatable bonds is 5. The lowest BCUT2D eigenvalue weighted by Crippen LogP contribution is -2.34. The molecule has 2 rings (SSSR count). The lowest BCUT2D eigenvalue weighted by Gasteiger charge is -2.13. The van der Waals surface area contributed by atoms with E-state index in [0.717, 1.165) is 0 Å². The Bertz CT molecular complexity index is 592. The Morgan fingerprint density at radius 1 is 1.35 bits per heavy atom. The zero-order valence-electron chi connectivity index (χ0n) is 12.0. The summed E-state index contributed by atoms with van der Waals surface area (Å²) in [5.41, 5.74) is -0.0801. The summed E-state index contributed by atoms with van der Waals surface area (Å²) in [7, 11) is 0. The van der Waals surface area contributed by atoms with Crippen molar-refractivity contribution in [3.8, 4) is 5.88 Å². The Kier molecular flexibility index (Phi) is 5.07. The number of carbonyl (C=O) groups excluding carboxylic acids is 1. The Balaban J connectivity index is 1.93. The Morgan fingerprint density at radius 3 is 2.70 bits per heavy atom. The lowest BCUT2D eigenvalue weighted by molar-refractivity contribution is -0.154. The molecule has 0 unspecified atom stereocenters. The topological polar surface area (TPSA) is 88.5 Å². The van der Waals surface area contributed by atoms with Crippen molar-refractivity contribution in [2.75, 3.05) is 6.61 Å². The number of carboxylic acid groups (broad SMARTS) is 1. The van der Waals surface area contributed by atoms with E-state index in [1.807, 2.05) is 0 Å². The summed E-state index contributed by atoms with van der Waals surface area (Å²) in [6.45, 7) is -1.49. The first-order valence-corrected chi connectivity index (χ1v) is 6.95. The largest absolute Gasteiger partial charge is 0.481 e. The summed E-state index contributed by atoms with van der Waals surface area (Å²) in [4.78, 5) is 26.6. The molecule has 23 heavy (non-hydrogen) atoms. The van der Waals surface area contributed by atoms with Gasteiger partial charge < -0.3 is 15.2 Å². The minimum atomic E-state index is -4.49. The predicted octanol–water partition coefficient (Wildman–Crippen LogP) is 2.01. The highest BCUT2D eigenvalue weighted by Gasteiger charge is 2.31. The SMILES string of the molecule is O=C(N[C@@H]1CC[C@H](C(=O)O)C1)c1cccc(OCC(F)(F)F)n1. The zero-order chi connectivity index (χ0) is 17.0. The minimum absolute atomic E-state index is 0.0801. The molecule has 0 aromatic carbocycles. The van der Waals surface area contributed by atoms with Crippen LogP contribution in [-0.2, 0) is 4.79 Å². The first-order valence-electron chi connectivity index (χ1n) is 6.95. The van der Waals surface area contributed by atoms with Crippen LogP contribution in [0.1, 0.15) is 29.8 Å². The van der Waals surface area contributed by atoms with Crippen LogP contribution in [0.3, 0.4) is 0 Å². The molecule has 1 aromatic rings. The fourth-order valence-corrected chi connectivity index (χ4v) is 2.37. The molecule has 2 N–H and O–H groups in total. The molecule has 1 aromatic heterocycles. The van der Waals surface area contributed by atoms with Crippen molar-refractivity contribution in [2.24, 2.45) is 5.92 Å². The van der Waals surface area contributed by atoms with Gasteiger partial charge in [0.15, 0.2) is 6.61 Å². The Labute approximate surface area is 129 Å². The molecule has 1 aliphatic rings. The number of aromatic nitrogens is 1.